The lowest BCUT2D eigenvalue weighted by molar-refractivity contribution is -0.910. The van der Waals surface area contributed by atoms with Crippen molar-refractivity contribution in [2.24, 2.45) is 0 Å². The van der Waals surface area contributed by atoms with Gasteiger partial charge in [0.25, 0.3) is 0 Å². The number of nitrogens with two attached hydrogens (primary N) is 1. The molecule has 0 amide bonds. The van der Waals surface area contributed by atoms with Gasteiger partial charge in [0.1, 0.15) is 25.4 Å². The summed E-state index contributed by atoms with van der Waals surface area (Å²) in [5, 5.41) is 3.10. The molecule has 1 aromatic heterocycles. The highest BCUT2D eigenvalue weighted by Crippen LogP contribution is 2.29. The Kier molecular flexibility index (Phi) is 6.49. The van der Waals surface area contributed by atoms with Crippen molar-refractivity contribution in [3.05, 3.63) is 46.7 Å². The molecule has 0 aliphatic rings. The molecule has 0 unspecified atom stereocenters. The van der Waals surface area contributed by atoms with Crippen LogP contribution in [0.1, 0.15) is 25.2 Å². The molecule has 4 heteroatoms. The van der Waals surface area contributed by atoms with Gasteiger partial charge in [-0.25, -0.2) is 0 Å². The monoisotopic (exact) mass is 322 g/mol. The van der Waals surface area contributed by atoms with E-state index in [1.807, 2.05) is 25.1 Å². The standard InChI is InChI=1S/C18H25ClN2O/c1-4-21(5-2)12-11-20-13-15-9-10-18(22-15)16-7-6-8-17(19)14(16)3/h6-10,20H,4-5,11-13H2,1-3H3/p+2. The summed E-state index contributed by atoms with van der Waals surface area (Å²) in [5.74, 6) is 1.92. The molecular formula is C18H27ClN2O+2. The van der Waals surface area contributed by atoms with Crippen LogP contribution in [0.4, 0.5) is 0 Å². The molecule has 0 aliphatic heterocycles. The van der Waals surface area contributed by atoms with E-state index in [0.29, 0.717) is 0 Å². The van der Waals surface area contributed by atoms with Crippen LogP contribution in [0.25, 0.3) is 11.3 Å². The van der Waals surface area contributed by atoms with Gasteiger partial charge >= 0.3 is 0 Å². The van der Waals surface area contributed by atoms with Crippen LogP contribution in [-0.2, 0) is 6.54 Å². The maximum Gasteiger partial charge on any atom is 0.158 e. The molecule has 0 spiro atoms. The second-order valence-electron chi connectivity index (χ2n) is 5.67. The summed E-state index contributed by atoms with van der Waals surface area (Å²) in [4.78, 5) is 1.64. The molecule has 0 bridgehead atoms. The number of benzene rings is 1. The Balaban J connectivity index is 1.90. The van der Waals surface area contributed by atoms with Gasteiger partial charge < -0.3 is 14.6 Å². The van der Waals surface area contributed by atoms with Crippen LogP contribution in [0.2, 0.25) is 5.02 Å². The van der Waals surface area contributed by atoms with Crippen molar-refractivity contribution in [3.63, 3.8) is 0 Å². The number of rotatable bonds is 8. The predicted molar refractivity (Wildman–Crippen MR) is 91.3 cm³/mol. The fraction of sp³-hybridized carbons (Fsp3) is 0.444. The third-order valence-corrected chi connectivity index (χ3v) is 4.65. The van der Waals surface area contributed by atoms with Crippen LogP contribution in [0.3, 0.4) is 0 Å². The molecule has 0 saturated carbocycles. The zero-order valence-corrected chi connectivity index (χ0v) is 14.5. The molecule has 1 heterocycles. The lowest BCUT2D eigenvalue weighted by Gasteiger charge is -2.13. The average Bonchev–Trinajstić information content (AvgIpc) is 2.99. The zero-order valence-electron chi connectivity index (χ0n) is 13.8. The van der Waals surface area contributed by atoms with Crippen molar-refractivity contribution in [1.82, 2.24) is 0 Å². The van der Waals surface area contributed by atoms with E-state index >= 15 is 0 Å². The lowest BCUT2D eigenvalue weighted by atomic mass is 10.1. The van der Waals surface area contributed by atoms with Gasteiger partial charge in [-0.1, -0.05) is 23.7 Å². The molecule has 0 radical (unpaired) electrons. The van der Waals surface area contributed by atoms with Crippen LogP contribution < -0.4 is 10.2 Å². The first kappa shape index (κ1) is 17.1. The zero-order chi connectivity index (χ0) is 15.9. The van der Waals surface area contributed by atoms with E-state index in [-0.39, 0.29) is 0 Å². The second kappa shape index (κ2) is 8.37. The van der Waals surface area contributed by atoms with Crippen LogP contribution >= 0.6 is 11.6 Å². The van der Waals surface area contributed by atoms with Crippen molar-refractivity contribution in [2.45, 2.75) is 27.3 Å². The maximum absolute atomic E-state index is 6.18. The van der Waals surface area contributed by atoms with E-state index in [1.165, 1.54) is 19.6 Å². The Morgan fingerprint density at radius 1 is 1.14 bits per heavy atom. The van der Waals surface area contributed by atoms with E-state index in [9.17, 15) is 0 Å². The van der Waals surface area contributed by atoms with Gasteiger partial charge in [-0.05, 0) is 44.5 Å². The smallest absolute Gasteiger partial charge is 0.158 e. The van der Waals surface area contributed by atoms with Crippen molar-refractivity contribution in [1.29, 1.82) is 0 Å². The topological polar surface area (TPSA) is 34.2 Å². The Labute approximate surface area is 138 Å². The first-order chi connectivity index (χ1) is 10.7. The minimum Gasteiger partial charge on any atom is -0.455 e. The van der Waals surface area contributed by atoms with Gasteiger partial charge in [-0.15, -0.1) is 0 Å². The van der Waals surface area contributed by atoms with Crippen LogP contribution in [0.15, 0.2) is 34.7 Å². The number of quaternary nitrogens is 2. The first-order valence-corrected chi connectivity index (χ1v) is 8.52. The second-order valence-corrected chi connectivity index (χ2v) is 6.07. The van der Waals surface area contributed by atoms with Gasteiger partial charge in [0.15, 0.2) is 5.76 Å². The largest absolute Gasteiger partial charge is 0.455 e. The minimum absolute atomic E-state index is 0.782. The quantitative estimate of drug-likeness (QED) is 0.715. The SMILES string of the molecule is CC[NH+](CC)CC[NH2+]Cc1ccc(-c2cccc(Cl)c2C)o1. The number of furan rings is 1. The van der Waals surface area contributed by atoms with Crippen LogP contribution in [0, 0.1) is 6.92 Å². The summed E-state index contributed by atoms with van der Waals surface area (Å²) >= 11 is 6.18. The summed E-state index contributed by atoms with van der Waals surface area (Å²) in [5.41, 5.74) is 2.14. The van der Waals surface area contributed by atoms with Crippen LogP contribution in [-0.4, -0.2) is 26.2 Å². The van der Waals surface area contributed by atoms with Crippen molar-refractivity contribution in [3.8, 4) is 11.3 Å². The number of likely N-dealkylation sites (N-methyl/N-ethyl adjacent to an activating group) is 1. The summed E-state index contributed by atoms with van der Waals surface area (Å²) in [6.45, 7) is 12.1. The Morgan fingerprint density at radius 3 is 2.64 bits per heavy atom. The number of hydrogen-bond donors (Lipinski definition) is 2. The molecule has 3 nitrogen and oxygen atoms in total. The van der Waals surface area contributed by atoms with E-state index in [2.05, 4.69) is 31.3 Å². The van der Waals surface area contributed by atoms with Crippen molar-refractivity contribution < 1.29 is 14.6 Å². The molecule has 2 rings (SSSR count). The fourth-order valence-electron chi connectivity index (χ4n) is 2.66. The van der Waals surface area contributed by atoms with Gasteiger partial charge in [0.2, 0.25) is 0 Å². The summed E-state index contributed by atoms with van der Waals surface area (Å²) < 4.78 is 5.97. The number of halogens is 1. The molecule has 1 aromatic carbocycles. The Morgan fingerprint density at radius 2 is 1.91 bits per heavy atom. The number of hydrogen-bond acceptors (Lipinski definition) is 1. The molecule has 120 valence electrons. The molecule has 2 aromatic rings. The van der Waals surface area contributed by atoms with E-state index in [1.54, 1.807) is 4.90 Å². The normalized spacial score (nSPS) is 11.3. The molecule has 22 heavy (non-hydrogen) atoms. The van der Waals surface area contributed by atoms with Gasteiger partial charge in [0.05, 0.1) is 13.1 Å². The molecule has 0 atom stereocenters. The third-order valence-electron chi connectivity index (χ3n) is 4.24. The third kappa shape index (κ3) is 4.35. The van der Waals surface area contributed by atoms with E-state index in [0.717, 1.165) is 40.8 Å². The van der Waals surface area contributed by atoms with Crippen molar-refractivity contribution in [2.75, 3.05) is 26.2 Å². The van der Waals surface area contributed by atoms with Gasteiger partial charge in [0, 0.05) is 10.6 Å². The number of nitrogens with one attached hydrogen (secondary N) is 1. The molecule has 0 aliphatic carbocycles. The highest BCUT2D eigenvalue weighted by molar-refractivity contribution is 6.31. The van der Waals surface area contributed by atoms with Gasteiger partial charge in [-0.3, -0.25) is 0 Å². The van der Waals surface area contributed by atoms with E-state index in [4.69, 9.17) is 16.0 Å². The summed E-state index contributed by atoms with van der Waals surface area (Å²) in [7, 11) is 0. The molecular weight excluding hydrogens is 296 g/mol. The van der Waals surface area contributed by atoms with Crippen molar-refractivity contribution >= 4 is 11.6 Å². The summed E-state index contributed by atoms with van der Waals surface area (Å²) in [6.07, 6.45) is 0. The highest BCUT2D eigenvalue weighted by Gasteiger charge is 2.10. The Hall–Kier alpha value is -1.29. The van der Waals surface area contributed by atoms with Gasteiger partial charge in [-0.2, -0.15) is 0 Å². The maximum atomic E-state index is 6.18. The summed E-state index contributed by atoms with van der Waals surface area (Å²) in [6, 6.07) is 10.0. The molecule has 0 fully saturated rings. The average molecular weight is 323 g/mol. The molecule has 0 saturated heterocycles. The first-order valence-electron chi connectivity index (χ1n) is 8.15. The fourth-order valence-corrected chi connectivity index (χ4v) is 2.84. The Bertz CT molecular complexity index is 591. The predicted octanol–water partition coefficient (Wildman–Crippen LogP) is 1.90. The van der Waals surface area contributed by atoms with Crippen LogP contribution in [0.5, 0.6) is 0 Å². The minimum atomic E-state index is 0.782. The highest BCUT2D eigenvalue weighted by atomic mass is 35.5. The lowest BCUT2D eigenvalue weighted by Crippen LogP contribution is -3.14. The molecule has 3 N–H and O–H groups in total. The van der Waals surface area contributed by atoms with E-state index < -0.39 is 0 Å².